The zero-order valence-electron chi connectivity index (χ0n) is 19.3. The first kappa shape index (κ1) is 25.9. The number of pyridine rings is 1. The number of hydrogen-bond donors (Lipinski definition) is 2. The molecule has 33 heavy (non-hydrogen) atoms. The van der Waals surface area contributed by atoms with Gasteiger partial charge in [0.2, 0.25) is 0 Å². The normalized spacial score (nSPS) is 23.5. The van der Waals surface area contributed by atoms with E-state index >= 15 is 0 Å². The van der Waals surface area contributed by atoms with Crippen LogP contribution in [-0.2, 0) is 28.6 Å². The highest BCUT2D eigenvalue weighted by molar-refractivity contribution is 5.98. The van der Waals surface area contributed by atoms with Crippen molar-refractivity contribution in [2.75, 3.05) is 13.7 Å². The number of nitrogens with zero attached hydrogens (tertiary/aromatic N) is 1. The third kappa shape index (κ3) is 6.33. The van der Waals surface area contributed by atoms with Crippen molar-refractivity contribution in [1.82, 2.24) is 10.3 Å². The van der Waals surface area contributed by atoms with Crippen LogP contribution >= 0.6 is 0 Å². The van der Waals surface area contributed by atoms with E-state index in [-0.39, 0.29) is 11.4 Å². The van der Waals surface area contributed by atoms with Gasteiger partial charge in [0.05, 0.1) is 18.9 Å². The van der Waals surface area contributed by atoms with Gasteiger partial charge in [-0.25, -0.2) is 9.78 Å². The number of carbonyl (C=O) groups excluding carboxylic acids is 4. The molecule has 1 aliphatic rings. The summed E-state index contributed by atoms with van der Waals surface area (Å²) in [6, 6.07) is -0.0193. The minimum atomic E-state index is -1.38. The minimum Gasteiger partial charge on any atom is -0.503 e. The van der Waals surface area contributed by atoms with Crippen molar-refractivity contribution in [1.29, 1.82) is 0 Å². The van der Waals surface area contributed by atoms with Crippen LogP contribution in [0.2, 0.25) is 0 Å². The summed E-state index contributed by atoms with van der Waals surface area (Å²) in [5, 5.41) is 12.5. The Morgan fingerprint density at radius 3 is 2.61 bits per heavy atom. The number of aromatic hydroxyl groups is 1. The lowest BCUT2D eigenvalue weighted by atomic mass is 9.93. The van der Waals surface area contributed by atoms with Crippen LogP contribution in [0.15, 0.2) is 12.3 Å². The predicted octanol–water partition coefficient (Wildman–Crippen LogP) is 1.37. The average Bonchev–Trinajstić information content (AvgIpc) is 2.80. The van der Waals surface area contributed by atoms with Gasteiger partial charge in [-0.15, -0.1) is 0 Å². The fourth-order valence-corrected chi connectivity index (χ4v) is 3.27. The maximum atomic E-state index is 12.8. The Hall–Kier alpha value is -3.37. The summed E-state index contributed by atoms with van der Waals surface area (Å²) in [6.07, 6.45) is 0.159. The van der Waals surface area contributed by atoms with Gasteiger partial charge >= 0.3 is 17.9 Å². The second kappa shape index (κ2) is 11.5. The third-order valence-electron chi connectivity index (χ3n) is 5.09. The fraction of sp³-hybridized carbons (Fsp3) is 0.591. The quantitative estimate of drug-likeness (QED) is 0.445. The summed E-state index contributed by atoms with van der Waals surface area (Å²) in [7, 11) is 1.31. The van der Waals surface area contributed by atoms with E-state index in [1.807, 2.05) is 6.92 Å². The van der Waals surface area contributed by atoms with Gasteiger partial charge in [0, 0.05) is 12.3 Å². The smallest absolute Gasteiger partial charge is 0.332 e. The first-order chi connectivity index (χ1) is 15.6. The number of rotatable bonds is 7. The van der Waals surface area contributed by atoms with Crippen molar-refractivity contribution >= 4 is 23.8 Å². The van der Waals surface area contributed by atoms with Gasteiger partial charge in [-0.3, -0.25) is 14.4 Å². The van der Waals surface area contributed by atoms with Crippen molar-refractivity contribution in [3.05, 3.63) is 18.0 Å². The molecule has 0 bridgehead atoms. The van der Waals surface area contributed by atoms with E-state index < -0.39 is 66.3 Å². The van der Waals surface area contributed by atoms with Crippen molar-refractivity contribution in [2.45, 2.75) is 58.8 Å². The Labute approximate surface area is 191 Å². The van der Waals surface area contributed by atoms with Crippen LogP contribution in [0.3, 0.4) is 0 Å². The van der Waals surface area contributed by atoms with E-state index in [1.54, 1.807) is 13.8 Å². The van der Waals surface area contributed by atoms with Crippen LogP contribution in [-0.4, -0.2) is 65.9 Å². The first-order valence-electron chi connectivity index (χ1n) is 10.7. The van der Waals surface area contributed by atoms with Crippen molar-refractivity contribution in [3.63, 3.8) is 0 Å². The van der Waals surface area contributed by atoms with Gasteiger partial charge in [0.1, 0.15) is 12.7 Å². The SMILES string of the molecule is CCCC1C(=O)OCC(NC(=O)c2nccc(OC)c2O)C(=O)OC(C)C1OC(=O)C(C)C. The van der Waals surface area contributed by atoms with Gasteiger partial charge in [0.25, 0.3) is 5.91 Å². The predicted molar refractivity (Wildman–Crippen MR) is 113 cm³/mol. The second-order valence-corrected chi connectivity index (χ2v) is 7.96. The Bertz CT molecular complexity index is 887. The summed E-state index contributed by atoms with van der Waals surface area (Å²) in [5.74, 6) is -4.80. The van der Waals surface area contributed by atoms with E-state index in [0.717, 1.165) is 0 Å². The summed E-state index contributed by atoms with van der Waals surface area (Å²) >= 11 is 0. The van der Waals surface area contributed by atoms with Gasteiger partial charge in [-0.2, -0.15) is 0 Å². The average molecular weight is 466 g/mol. The van der Waals surface area contributed by atoms with E-state index in [9.17, 15) is 24.3 Å². The molecule has 0 spiro atoms. The van der Waals surface area contributed by atoms with E-state index in [1.165, 1.54) is 26.3 Å². The van der Waals surface area contributed by atoms with Crippen LogP contribution in [0, 0.1) is 11.8 Å². The van der Waals surface area contributed by atoms with E-state index in [0.29, 0.717) is 12.8 Å². The van der Waals surface area contributed by atoms with Crippen LogP contribution in [0.4, 0.5) is 0 Å². The second-order valence-electron chi connectivity index (χ2n) is 7.96. The highest BCUT2D eigenvalue weighted by atomic mass is 16.6. The van der Waals surface area contributed by atoms with Crippen LogP contribution in [0.25, 0.3) is 0 Å². The molecule has 4 atom stereocenters. The molecule has 1 aromatic rings. The molecule has 0 saturated carbocycles. The Kier molecular flexibility index (Phi) is 9.01. The number of aromatic nitrogens is 1. The summed E-state index contributed by atoms with van der Waals surface area (Å²) < 4.78 is 21.2. The summed E-state index contributed by atoms with van der Waals surface area (Å²) in [4.78, 5) is 54.2. The maximum Gasteiger partial charge on any atom is 0.332 e. The number of hydrogen-bond acceptors (Lipinski definition) is 10. The van der Waals surface area contributed by atoms with Gasteiger partial charge in [-0.1, -0.05) is 27.2 Å². The number of nitrogens with one attached hydrogen (secondary N) is 1. The molecule has 1 fully saturated rings. The number of esters is 3. The van der Waals surface area contributed by atoms with Gasteiger partial charge < -0.3 is 29.4 Å². The molecule has 11 nitrogen and oxygen atoms in total. The molecule has 182 valence electrons. The van der Waals surface area contributed by atoms with Crippen molar-refractivity contribution < 1.29 is 43.2 Å². The zero-order valence-corrected chi connectivity index (χ0v) is 19.3. The van der Waals surface area contributed by atoms with Crippen LogP contribution < -0.4 is 10.1 Å². The number of amides is 1. The number of methoxy groups -OCH3 is 1. The molecule has 1 aliphatic heterocycles. The zero-order chi connectivity index (χ0) is 24.7. The topological polar surface area (TPSA) is 150 Å². The summed E-state index contributed by atoms with van der Waals surface area (Å²) in [5.41, 5.74) is -0.381. The molecule has 1 aromatic heterocycles. The minimum absolute atomic E-state index is 0.0180. The first-order valence-corrected chi connectivity index (χ1v) is 10.7. The van der Waals surface area contributed by atoms with E-state index in [4.69, 9.17) is 18.9 Å². The number of cyclic esters (lactones) is 2. The molecule has 0 aliphatic carbocycles. The molecule has 1 saturated heterocycles. The standard InChI is InChI=1S/C22H30N2O9/c1-6-7-13-18(33-20(27)11(2)3)12(4)32-22(29)14(10-31-21(13)28)24-19(26)16-17(25)15(30-5)8-9-23-16/h8-9,11-14,18,25H,6-7,10H2,1-5H3,(H,24,26). The van der Waals surface area contributed by atoms with Crippen molar-refractivity contribution in [3.8, 4) is 11.5 Å². The van der Waals surface area contributed by atoms with Gasteiger partial charge in [0.15, 0.2) is 29.3 Å². The lowest BCUT2D eigenvalue weighted by Gasteiger charge is -2.29. The lowest BCUT2D eigenvalue weighted by molar-refractivity contribution is -0.176. The molecule has 2 rings (SSSR count). The Balaban J connectivity index is 2.27. The molecule has 4 unspecified atom stereocenters. The number of ether oxygens (including phenoxy) is 4. The maximum absolute atomic E-state index is 12.8. The number of carbonyl (C=O) groups is 4. The molecule has 2 N–H and O–H groups in total. The monoisotopic (exact) mass is 466 g/mol. The largest absolute Gasteiger partial charge is 0.503 e. The molecule has 1 amide bonds. The molecule has 0 aromatic carbocycles. The Morgan fingerprint density at radius 1 is 1.30 bits per heavy atom. The molecule has 11 heteroatoms. The molecular formula is C22H30N2O9. The van der Waals surface area contributed by atoms with Gasteiger partial charge in [-0.05, 0) is 13.3 Å². The molecule has 2 heterocycles. The third-order valence-corrected chi connectivity index (χ3v) is 5.09. The van der Waals surface area contributed by atoms with E-state index in [2.05, 4.69) is 10.3 Å². The highest BCUT2D eigenvalue weighted by Gasteiger charge is 2.41. The summed E-state index contributed by atoms with van der Waals surface area (Å²) in [6.45, 7) is 6.15. The van der Waals surface area contributed by atoms with Crippen molar-refractivity contribution in [2.24, 2.45) is 11.8 Å². The van der Waals surface area contributed by atoms with Crippen LogP contribution in [0.1, 0.15) is 51.0 Å². The Morgan fingerprint density at radius 2 is 2.00 bits per heavy atom. The van der Waals surface area contributed by atoms with Crippen LogP contribution in [0.5, 0.6) is 11.5 Å². The highest BCUT2D eigenvalue weighted by Crippen LogP contribution is 2.28. The fourth-order valence-electron chi connectivity index (χ4n) is 3.27. The lowest BCUT2D eigenvalue weighted by Crippen LogP contribution is -2.46. The molecule has 0 radical (unpaired) electrons. The molecular weight excluding hydrogens is 436 g/mol.